The highest BCUT2D eigenvalue weighted by Crippen LogP contribution is 2.15. The fraction of sp³-hybridized carbons (Fsp3) is 0.300. The van der Waals surface area contributed by atoms with Gasteiger partial charge in [-0.05, 0) is 17.7 Å². The first-order valence-electron chi connectivity index (χ1n) is 4.44. The van der Waals surface area contributed by atoms with Gasteiger partial charge in [-0.1, -0.05) is 6.07 Å². The van der Waals surface area contributed by atoms with Crippen molar-refractivity contribution in [3.05, 3.63) is 29.6 Å². The summed E-state index contributed by atoms with van der Waals surface area (Å²) in [6.45, 7) is 0.168. The molecule has 4 nitrogen and oxygen atoms in total. The molecule has 0 aliphatic heterocycles. The second-order valence-corrected chi connectivity index (χ2v) is 3.00. The minimum atomic E-state index is -0.498. The van der Waals surface area contributed by atoms with Crippen LogP contribution in [0.25, 0.3) is 0 Å². The average Bonchev–Trinajstić information content (AvgIpc) is 2.21. The lowest BCUT2D eigenvalue weighted by molar-refractivity contribution is -0.119. The van der Waals surface area contributed by atoms with Crippen LogP contribution in [-0.4, -0.2) is 19.6 Å². The molecular weight excluding hydrogens is 235 g/mol. The maximum absolute atomic E-state index is 13.3. The average molecular weight is 249 g/mol. The van der Waals surface area contributed by atoms with E-state index in [0.29, 0.717) is 5.56 Å². The first-order valence-corrected chi connectivity index (χ1v) is 4.44. The summed E-state index contributed by atoms with van der Waals surface area (Å²) in [5, 5.41) is 2.38. The van der Waals surface area contributed by atoms with E-state index in [1.165, 1.54) is 19.2 Å². The van der Waals surface area contributed by atoms with Crippen molar-refractivity contribution >= 4 is 24.0 Å². The molecular formula is C10H14ClFN2O2. The topological polar surface area (TPSA) is 64.3 Å². The number of rotatable bonds is 4. The molecule has 0 spiro atoms. The summed E-state index contributed by atoms with van der Waals surface area (Å²) in [4.78, 5) is 11.1. The van der Waals surface area contributed by atoms with Gasteiger partial charge in [-0.3, -0.25) is 4.79 Å². The number of nitrogens with one attached hydrogen (secondary N) is 1. The Balaban J connectivity index is 0.00000225. The third-order valence-corrected chi connectivity index (χ3v) is 1.82. The standard InChI is InChI=1S/C10H13FN2O2.ClH/c1-15-6-10(14)13-9-3-2-7(5-12)4-8(9)11;/h2-4H,5-6,12H2,1H3,(H,13,14);1H. The van der Waals surface area contributed by atoms with Crippen LogP contribution >= 0.6 is 12.4 Å². The van der Waals surface area contributed by atoms with E-state index < -0.39 is 11.7 Å². The zero-order chi connectivity index (χ0) is 11.3. The number of amides is 1. The number of methoxy groups -OCH3 is 1. The maximum atomic E-state index is 13.3. The monoisotopic (exact) mass is 248 g/mol. The van der Waals surface area contributed by atoms with Gasteiger partial charge in [0.05, 0.1) is 5.69 Å². The van der Waals surface area contributed by atoms with Crippen LogP contribution in [0, 0.1) is 5.82 Å². The van der Waals surface area contributed by atoms with Gasteiger partial charge in [0.25, 0.3) is 0 Å². The van der Waals surface area contributed by atoms with Gasteiger partial charge in [0.15, 0.2) is 0 Å². The van der Waals surface area contributed by atoms with Crippen LogP contribution < -0.4 is 11.1 Å². The number of carbonyl (C=O) groups excluding carboxylic acids is 1. The van der Waals surface area contributed by atoms with Crippen molar-refractivity contribution in [3.8, 4) is 0 Å². The normalized spacial score (nSPS) is 9.44. The van der Waals surface area contributed by atoms with Crippen molar-refractivity contribution in [3.63, 3.8) is 0 Å². The fourth-order valence-corrected chi connectivity index (χ4v) is 1.10. The van der Waals surface area contributed by atoms with Gasteiger partial charge >= 0.3 is 0 Å². The molecule has 1 aromatic rings. The van der Waals surface area contributed by atoms with Gasteiger partial charge < -0.3 is 15.8 Å². The van der Waals surface area contributed by atoms with E-state index in [0.717, 1.165) is 0 Å². The number of benzene rings is 1. The Morgan fingerprint density at radius 2 is 2.25 bits per heavy atom. The minimum absolute atomic E-state index is 0. The van der Waals surface area contributed by atoms with E-state index in [1.807, 2.05) is 0 Å². The summed E-state index contributed by atoms with van der Waals surface area (Å²) in [6, 6.07) is 4.43. The Morgan fingerprint density at radius 1 is 1.56 bits per heavy atom. The Hall–Kier alpha value is -1.17. The molecule has 6 heteroatoms. The van der Waals surface area contributed by atoms with Crippen LogP contribution in [0.1, 0.15) is 5.56 Å². The molecule has 0 saturated heterocycles. The van der Waals surface area contributed by atoms with Crippen molar-refractivity contribution in [2.75, 3.05) is 19.0 Å². The highest BCUT2D eigenvalue weighted by molar-refractivity contribution is 5.91. The zero-order valence-corrected chi connectivity index (χ0v) is 9.64. The molecule has 0 fully saturated rings. The van der Waals surface area contributed by atoms with Gasteiger partial charge in [-0.25, -0.2) is 4.39 Å². The number of hydrogen-bond acceptors (Lipinski definition) is 3. The first-order chi connectivity index (χ1) is 7.17. The number of nitrogens with two attached hydrogens (primary N) is 1. The molecule has 1 amide bonds. The Morgan fingerprint density at radius 3 is 2.75 bits per heavy atom. The molecule has 0 aliphatic carbocycles. The molecule has 1 rings (SSSR count). The molecule has 0 saturated carbocycles. The fourth-order valence-electron chi connectivity index (χ4n) is 1.10. The van der Waals surface area contributed by atoms with Crippen LogP contribution in [0.15, 0.2) is 18.2 Å². The van der Waals surface area contributed by atoms with Crippen molar-refractivity contribution in [1.82, 2.24) is 0 Å². The first kappa shape index (κ1) is 14.8. The number of ether oxygens (including phenoxy) is 1. The number of carbonyl (C=O) groups is 1. The number of hydrogen-bond donors (Lipinski definition) is 2. The lowest BCUT2D eigenvalue weighted by atomic mass is 10.2. The van der Waals surface area contributed by atoms with Crippen molar-refractivity contribution in [2.45, 2.75) is 6.54 Å². The summed E-state index contributed by atoms with van der Waals surface area (Å²) in [7, 11) is 1.40. The van der Waals surface area contributed by atoms with E-state index in [1.54, 1.807) is 6.07 Å². The Bertz CT molecular complexity index is 361. The molecule has 0 aliphatic rings. The molecule has 0 unspecified atom stereocenters. The molecule has 16 heavy (non-hydrogen) atoms. The summed E-state index contributed by atoms with van der Waals surface area (Å²) < 4.78 is 17.9. The van der Waals surface area contributed by atoms with Crippen molar-refractivity contribution in [1.29, 1.82) is 0 Å². The number of halogens is 2. The molecule has 0 atom stereocenters. The second-order valence-electron chi connectivity index (χ2n) is 3.00. The summed E-state index contributed by atoms with van der Waals surface area (Å²) in [6.07, 6.45) is 0. The van der Waals surface area contributed by atoms with Gasteiger partial charge in [-0.2, -0.15) is 0 Å². The highest BCUT2D eigenvalue weighted by Gasteiger charge is 2.06. The summed E-state index contributed by atoms with van der Waals surface area (Å²) >= 11 is 0. The van der Waals surface area contributed by atoms with Gasteiger partial charge in [0, 0.05) is 13.7 Å². The van der Waals surface area contributed by atoms with Crippen LogP contribution in [-0.2, 0) is 16.1 Å². The predicted octanol–water partition coefficient (Wildman–Crippen LogP) is 1.29. The van der Waals surface area contributed by atoms with Gasteiger partial charge in [0.2, 0.25) is 5.91 Å². The maximum Gasteiger partial charge on any atom is 0.250 e. The molecule has 1 aromatic carbocycles. The van der Waals surface area contributed by atoms with Crippen LogP contribution in [0.5, 0.6) is 0 Å². The summed E-state index contributed by atoms with van der Waals surface area (Å²) in [5.74, 6) is -0.890. The summed E-state index contributed by atoms with van der Waals surface area (Å²) in [5.41, 5.74) is 6.16. The van der Waals surface area contributed by atoms with E-state index in [4.69, 9.17) is 5.73 Å². The lowest BCUT2D eigenvalue weighted by Gasteiger charge is -2.06. The molecule has 0 aromatic heterocycles. The number of anilines is 1. The highest BCUT2D eigenvalue weighted by atomic mass is 35.5. The minimum Gasteiger partial charge on any atom is -0.375 e. The van der Waals surface area contributed by atoms with E-state index in [-0.39, 0.29) is 31.2 Å². The molecule has 0 radical (unpaired) electrons. The van der Waals surface area contributed by atoms with Gasteiger partial charge in [0.1, 0.15) is 12.4 Å². The second kappa shape index (κ2) is 7.16. The predicted molar refractivity (Wildman–Crippen MR) is 62.0 cm³/mol. The van der Waals surface area contributed by atoms with Crippen LogP contribution in [0.4, 0.5) is 10.1 Å². The van der Waals surface area contributed by atoms with Crippen LogP contribution in [0.2, 0.25) is 0 Å². The van der Waals surface area contributed by atoms with E-state index in [9.17, 15) is 9.18 Å². The van der Waals surface area contributed by atoms with E-state index in [2.05, 4.69) is 10.1 Å². The quantitative estimate of drug-likeness (QED) is 0.844. The zero-order valence-electron chi connectivity index (χ0n) is 8.83. The van der Waals surface area contributed by atoms with Crippen molar-refractivity contribution < 1.29 is 13.9 Å². The molecule has 90 valence electrons. The Labute approximate surface area is 99.4 Å². The Kier molecular flexibility index (Phi) is 6.64. The molecule has 3 N–H and O–H groups in total. The van der Waals surface area contributed by atoms with E-state index >= 15 is 0 Å². The third kappa shape index (κ3) is 4.14. The molecule has 0 bridgehead atoms. The SMILES string of the molecule is COCC(=O)Nc1ccc(CN)cc1F.Cl. The van der Waals surface area contributed by atoms with Crippen LogP contribution in [0.3, 0.4) is 0 Å². The largest absolute Gasteiger partial charge is 0.375 e. The van der Waals surface area contributed by atoms with Gasteiger partial charge in [-0.15, -0.1) is 12.4 Å². The lowest BCUT2D eigenvalue weighted by Crippen LogP contribution is -2.18. The molecule has 0 heterocycles. The third-order valence-electron chi connectivity index (χ3n) is 1.82. The van der Waals surface area contributed by atoms with Crippen molar-refractivity contribution in [2.24, 2.45) is 5.73 Å². The smallest absolute Gasteiger partial charge is 0.250 e.